The van der Waals surface area contributed by atoms with Gasteiger partial charge in [-0.1, -0.05) is 20.8 Å². The first-order valence-electron chi connectivity index (χ1n) is 6.45. The number of aliphatic hydroxyl groups is 1. The Bertz CT molecular complexity index is 317. The van der Waals surface area contributed by atoms with E-state index in [1.165, 1.54) is 0 Å². The van der Waals surface area contributed by atoms with E-state index in [4.69, 9.17) is 5.11 Å². The predicted molar refractivity (Wildman–Crippen MR) is 68.8 cm³/mol. The van der Waals surface area contributed by atoms with Crippen molar-refractivity contribution in [3.63, 3.8) is 0 Å². The fraction of sp³-hybridized carbons (Fsp3) is 0.846. The summed E-state index contributed by atoms with van der Waals surface area (Å²) >= 11 is 0. The lowest BCUT2D eigenvalue weighted by molar-refractivity contribution is -0.131. The minimum atomic E-state index is -0.477. The van der Waals surface area contributed by atoms with Crippen LogP contribution in [0.15, 0.2) is 0 Å². The average Bonchev–Trinajstić information content (AvgIpc) is 3.03. The molecule has 1 aliphatic carbocycles. The molecule has 1 aliphatic rings. The van der Waals surface area contributed by atoms with Crippen LogP contribution < -0.4 is 10.6 Å². The number of rotatable bonds is 6. The largest absolute Gasteiger partial charge is 0.396 e. The molecule has 0 heterocycles. The van der Waals surface area contributed by atoms with Gasteiger partial charge >= 0.3 is 0 Å². The second-order valence-corrected chi connectivity index (χ2v) is 6.18. The van der Waals surface area contributed by atoms with Gasteiger partial charge in [0.2, 0.25) is 11.8 Å². The van der Waals surface area contributed by atoms with Crippen molar-refractivity contribution in [1.29, 1.82) is 0 Å². The molecule has 0 atom stereocenters. The number of aliphatic hydroxyl groups excluding tert-OH is 1. The van der Waals surface area contributed by atoms with E-state index in [-0.39, 0.29) is 30.4 Å². The fourth-order valence-electron chi connectivity index (χ4n) is 1.70. The van der Waals surface area contributed by atoms with Crippen molar-refractivity contribution in [2.24, 2.45) is 10.8 Å². The van der Waals surface area contributed by atoms with Crippen LogP contribution in [0.2, 0.25) is 0 Å². The summed E-state index contributed by atoms with van der Waals surface area (Å²) in [5, 5.41) is 14.3. The molecule has 0 unspecified atom stereocenters. The maximum Gasteiger partial charge on any atom is 0.239 e. The van der Waals surface area contributed by atoms with Crippen LogP contribution in [0.4, 0.5) is 0 Å². The van der Waals surface area contributed by atoms with Gasteiger partial charge in [-0.25, -0.2) is 0 Å². The highest BCUT2D eigenvalue weighted by Gasteiger charge is 2.41. The molecule has 18 heavy (non-hydrogen) atoms. The first-order chi connectivity index (χ1) is 8.29. The van der Waals surface area contributed by atoms with E-state index in [9.17, 15) is 9.59 Å². The molecule has 1 rings (SSSR count). The van der Waals surface area contributed by atoms with Crippen molar-refractivity contribution >= 4 is 11.8 Å². The Morgan fingerprint density at radius 3 is 2.28 bits per heavy atom. The van der Waals surface area contributed by atoms with Gasteiger partial charge in [-0.05, 0) is 24.7 Å². The zero-order valence-electron chi connectivity index (χ0n) is 11.5. The zero-order valence-corrected chi connectivity index (χ0v) is 11.5. The maximum atomic E-state index is 11.6. The normalized spacial score (nSPS) is 17.1. The minimum absolute atomic E-state index is 0.0192. The van der Waals surface area contributed by atoms with Crippen molar-refractivity contribution in [2.75, 3.05) is 19.7 Å². The quantitative estimate of drug-likeness (QED) is 0.645. The SMILES string of the molecule is CC(C)(C)C(=O)NCC(=O)NCC1(CCO)CC1. The van der Waals surface area contributed by atoms with Gasteiger partial charge in [0.05, 0.1) is 6.54 Å². The number of hydrogen-bond donors (Lipinski definition) is 3. The zero-order chi connectivity index (χ0) is 13.8. The molecule has 0 radical (unpaired) electrons. The molecule has 2 amide bonds. The lowest BCUT2D eigenvalue weighted by Crippen LogP contribution is -2.43. The summed E-state index contributed by atoms with van der Waals surface area (Å²) in [6, 6.07) is 0. The second-order valence-electron chi connectivity index (χ2n) is 6.18. The summed E-state index contributed by atoms with van der Waals surface area (Å²) in [6.45, 7) is 6.20. The van der Waals surface area contributed by atoms with Crippen LogP contribution >= 0.6 is 0 Å². The monoisotopic (exact) mass is 256 g/mol. The molecule has 0 aromatic carbocycles. The first-order valence-corrected chi connectivity index (χ1v) is 6.45. The Labute approximate surface area is 108 Å². The fourth-order valence-corrected chi connectivity index (χ4v) is 1.70. The van der Waals surface area contributed by atoms with Gasteiger partial charge in [-0.2, -0.15) is 0 Å². The van der Waals surface area contributed by atoms with Gasteiger partial charge in [0.15, 0.2) is 0 Å². The summed E-state index contributed by atoms with van der Waals surface area (Å²) in [6.07, 6.45) is 2.85. The number of carbonyl (C=O) groups excluding carboxylic acids is 2. The summed E-state index contributed by atoms with van der Waals surface area (Å²) < 4.78 is 0. The first kappa shape index (κ1) is 15.0. The molecule has 0 bridgehead atoms. The van der Waals surface area contributed by atoms with E-state index < -0.39 is 5.41 Å². The van der Waals surface area contributed by atoms with E-state index >= 15 is 0 Å². The van der Waals surface area contributed by atoms with Crippen molar-refractivity contribution < 1.29 is 14.7 Å². The molecular formula is C13H24N2O3. The summed E-state index contributed by atoms with van der Waals surface area (Å²) in [4.78, 5) is 23.1. The summed E-state index contributed by atoms with van der Waals surface area (Å²) in [5.74, 6) is -0.300. The lowest BCUT2D eigenvalue weighted by atomic mass is 9.96. The van der Waals surface area contributed by atoms with Crippen LogP contribution in [-0.2, 0) is 9.59 Å². The van der Waals surface area contributed by atoms with Gasteiger partial charge in [-0.15, -0.1) is 0 Å². The highest BCUT2D eigenvalue weighted by atomic mass is 16.3. The van der Waals surface area contributed by atoms with Gasteiger partial charge in [-0.3, -0.25) is 9.59 Å². The number of carbonyl (C=O) groups is 2. The third-order valence-corrected chi connectivity index (χ3v) is 3.35. The number of nitrogens with one attached hydrogen (secondary N) is 2. The van der Waals surface area contributed by atoms with Crippen LogP contribution in [0, 0.1) is 10.8 Å². The molecule has 104 valence electrons. The Hall–Kier alpha value is -1.10. The van der Waals surface area contributed by atoms with E-state index in [1.54, 1.807) is 20.8 Å². The standard InChI is InChI=1S/C13H24N2O3/c1-12(2,3)11(18)14-8-10(17)15-9-13(4-5-13)6-7-16/h16H,4-9H2,1-3H3,(H,14,18)(H,15,17). The molecule has 0 aromatic heterocycles. The van der Waals surface area contributed by atoms with Crippen LogP contribution in [-0.4, -0.2) is 36.6 Å². The van der Waals surface area contributed by atoms with E-state index in [1.807, 2.05) is 0 Å². The van der Waals surface area contributed by atoms with Crippen molar-refractivity contribution in [1.82, 2.24) is 10.6 Å². The summed E-state index contributed by atoms with van der Waals surface area (Å²) in [5.41, 5.74) is -0.368. The highest BCUT2D eigenvalue weighted by molar-refractivity contribution is 5.87. The van der Waals surface area contributed by atoms with Gasteiger partial charge in [0.25, 0.3) is 0 Å². The summed E-state index contributed by atoms with van der Waals surface area (Å²) in [7, 11) is 0. The topological polar surface area (TPSA) is 78.4 Å². The van der Waals surface area contributed by atoms with Gasteiger partial charge in [0.1, 0.15) is 0 Å². The molecular weight excluding hydrogens is 232 g/mol. The molecule has 5 nitrogen and oxygen atoms in total. The van der Waals surface area contributed by atoms with Crippen LogP contribution in [0.1, 0.15) is 40.0 Å². The Morgan fingerprint density at radius 1 is 1.22 bits per heavy atom. The van der Waals surface area contributed by atoms with E-state index in [0.717, 1.165) is 19.3 Å². The average molecular weight is 256 g/mol. The van der Waals surface area contributed by atoms with Crippen LogP contribution in [0.5, 0.6) is 0 Å². The number of amides is 2. The minimum Gasteiger partial charge on any atom is -0.396 e. The van der Waals surface area contributed by atoms with Crippen LogP contribution in [0.3, 0.4) is 0 Å². The third kappa shape index (κ3) is 4.64. The molecule has 0 saturated heterocycles. The van der Waals surface area contributed by atoms with E-state index in [0.29, 0.717) is 6.54 Å². The molecule has 3 N–H and O–H groups in total. The van der Waals surface area contributed by atoms with Gasteiger partial charge in [0, 0.05) is 18.6 Å². The highest BCUT2D eigenvalue weighted by Crippen LogP contribution is 2.47. The van der Waals surface area contributed by atoms with Crippen LogP contribution in [0.25, 0.3) is 0 Å². The second kappa shape index (κ2) is 5.69. The molecule has 0 aliphatic heterocycles. The molecule has 5 heteroatoms. The lowest BCUT2D eigenvalue weighted by Gasteiger charge is -2.18. The predicted octanol–water partition coefficient (Wildman–Crippen LogP) is 0.428. The Morgan fingerprint density at radius 2 is 1.83 bits per heavy atom. The van der Waals surface area contributed by atoms with Gasteiger partial charge < -0.3 is 15.7 Å². The molecule has 0 spiro atoms. The third-order valence-electron chi connectivity index (χ3n) is 3.35. The molecule has 1 saturated carbocycles. The Balaban J connectivity index is 2.21. The van der Waals surface area contributed by atoms with E-state index in [2.05, 4.69) is 10.6 Å². The van der Waals surface area contributed by atoms with Crippen molar-refractivity contribution in [3.8, 4) is 0 Å². The Kier molecular flexibility index (Phi) is 4.73. The number of hydrogen-bond acceptors (Lipinski definition) is 3. The molecule has 0 aromatic rings. The molecule has 1 fully saturated rings. The smallest absolute Gasteiger partial charge is 0.239 e. The van der Waals surface area contributed by atoms with Crippen molar-refractivity contribution in [3.05, 3.63) is 0 Å². The maximum absolute atomic E-state index is 11.6. The van der Waals surface area contributed by atoms with Crippen molar-refractivity contribution in [2.45, 2.75) is 40.0 Å².